The molecule has 0 saturated carbocycles. The Morgan fingerprint density at radius 2 is 2.19 bits per heavy atom. The van der Waals surface area contributed by atoms with Crippen molar-refractivity contribution in [3.05, 3.63) is 29.3 Å². The van der Waals surface area contributed by atoms with Crippen molar-refractivity contribution in [1.29, 1.82) is 0 Å². The summed E-state index contributed by atoms with van der Waals surface area (Å²) in [7, 11) is 1.60. The molecule has 86 valence electrons. The minimum absolute atomic E-state index is 0.347. The smallest absolute Gasteiger partial charge is 0.187 e. The lowest BCUT2D eigenvalue weighted by Gasteiger charge is -2.14. The van der Waals surface area contributed by atoms with Crippen LogP contribution in [0.25, 0.3) is 0 Å². The van der Waals surface area contributed by atoms with Crippen LogP contribution in [0.3, 0.4) is 0 Å². The van der Waals surface area contributed by atoms with Gasteiger partial charge in [0.05, 0.1) is 20.3 Å². The lowest BCUT2D eigenvalue weighted by Crippen LogP contribution is -2.02. The third-order valence-electron chi connectivity index (χ3n) is 2.49. The molecule has 0 aromatic heterocycles. The van der Waals surface area contributed by atoms with Crippen LogP contribution in [0.4, 0.5) is 0 Å². The summed E-state index contributed by atoms with van der Waals surface area (Å²) in [5.74, 6) is 0.700. The third kappa shape index (κ3) is 2.23. The molecule has 4 nitrogen and oxygen atoms in total. The van der Waals surface area contributed by atoms with E-state index in [1.807, 2.05) is 18.2 Å². The second kappa shape index (κ2) is 5.09. The molecule has 2 rings (SSSR count). The van der Waals surface area contributed by atoms with Gasteiger partial charge in [0.1, 0.15) is 12.0 Å². The maximum absolute atomic E-state index is 10.4. The molecule has 16 heavy (non-hydrogen) atoms. The number of benzene rings is 1. The van der Waals surface area contributed by atoms with Crippen LogP contribution in [-0.4, -0.2) is 26.6 Å². The Morgan fingerprint density at radius 1 is 1.44 bits per heavy atom. The number of ether oxygens (including phenoxy) is 3. The summed E-state index contributed by atoms with van der Waals surface area (Å²) >= 11 is 0. The summed E-state index contributed by atoms with van der Waals surface area (Å²) in [5.41, 5.74) is 1.79. The normalized spacial score (nSPS) is 16.3. The number of rotatable bonds is 4. The average molecular weight is 222 g/mol. The molecule has 1 aromatic rings. The van der Waals surface area contributed by atoms with E-state index in [0.717, 1.165) is 17.4 Å². The number of aldehydes is 1. The van der Waals surface area contributed by atoms with Crippen LogP contribution in [0, 0.1) is 0 Å². The van der Waals surface area contributed by atoms with E-state index in [1.54, 1.807) is 7.11 Å². The summed E-state index contributed by atoms with van der Waals surface area (Å²) in [6, 6.07) is 5.61. The van der Waals surface area contributed by atoms with Gasteiger partial charge in [-0.1, -0.05) is 6.07 Å². The van der Waals surface area contributed by atoms with Crippen LogP contribution in [0.5, 0.6) is 5.75 Å². The monoisotopic (exact) mass is 222 g/mol. The number of hydrogen-bond acceptors (Lipinski definition) is 4. The summed E-state index contributed by atoms with van der Waals surface area (Å²) in [6.45, 7) is 1.20. The Bertz CT molecular complexity index is 369. The van der Waals surface area contributed by atoms with Crippen LogP contribution in [0.15, 0.2) is 18.2 Å². The SMILES string of the molecule is COc1cc(CC=O)ccc1C1OCCO1. The highest BCUT2D eigenvalue weighted by atomic mass is 16.7. The summed E-state index contributed by atoms with van der Waals surface area (Å²) in [5, 5.41) is 0. The second-order valence-electron chi connectivity index (χ2n) is 3.52. The first-order valence-corrected chi connectivity index (χ1v) is 5.19. The van der Waals surface area contributed by atoms with Crippen molar-refractivity contribution in [3.63, 3.8) is 0 Å². The molecule has 0 spiro atoms. The van der Waals surface area contributed by atoms with Gasteiger partial charge in [0, 0.05) is 12.0 Å². The summed E-state index contributed by atoms with van der Waals surface area (Å²) in [4.78, 5) is 10.4. The van der Waals surface area contributed by atoms with Crippen molar-refractivity contribution < 1.29 is 19.0 Å². The predicted octanol–water partition coefficient (Wildman–Crippen LogP) is 1.48. The average Bonchev–Trinajstić information content (AvgIpc) is 2.83. The summed E-state index contributed by atoms with van der Waals surface area (Å²) in [6.07, 6.45) is 0.917. The molecule has 0 atom stereocenters. The number of methoxy groups -OCH3 is 1. The zero-order valence-electron chi connectivity index (χ0n) is 9.14. The van der Waals surface area contributed by atoms with E-state index in [9.17, 15) is 4.79 Å². The number of hydrogen-bond donors (Lipinski definition) is 0. The maximum Gasteiger partial charge on any atom is 0.187 e. The van der Waals surface area contributed by atoms with Gasteiger partial charge in [-0.2, -0.15) is 0 Å². The molecular weight excluding hydrogens is 208 g/mol. The molecule has 1 aliphatic heterocycles. The highest BCUT2D eigenvalue weighted by Crippen LogP contribution is 2.31. The highest BCUT2D eigenvalue weighted by molar-refractivity contribution is 5.56. The van der Waals surface area contributed by atoms with Crippen molar-refractivity contribution in [2.75, 3.05) is 20.3 Å². The Labute approximate surface area is 94.1 Å². The van der Waals surface area contributed by atoms with Gasteiger partial charge in [-0.05, 0) is 17.7 Å². The van der Waals surface area contributed by atoms with Gasteiger partial charge < -0.3 is 19.0 Å². The fourth-order valence-corrected chi connectivity index (χ4v) is 1.71. The van der Waals surface area contributed by atoms with E-state index < -0.39 is 0 Å². The van der Waals surface area contributed by atoms with Crippen molar-refractivity contribution in [1.82, 2.24) is 0 Å². The lowest BCUT2D eigenvalue weighted by molar-refractivity contribution is -0.107. The fourth-order valence-electron chi connectivity index (χ4n) is 1.71. The molecule has 0 radical (unpaired) electrons. The van der Waals surface area contributed by atoms with Gasteiger partial charge in [-0.15, -0.1) is 0 Å². The molecule has 1 aliphatic rings. The van der Waals surface area contributed by atoms with E-state index in [4.69, 9.17) is 14.2 Å². The predicted molar refractivity (Wildman–Crippen MR) is 57.4 cm³/mol. The zero-order chi connectivity index (χ0) is 11.4. The molecule has 0 bridgehead atoms. The van der Waals surface area contributed by atoms with Crippen molar-refractivity contribution in [2.24, 2.45) is 0 Å². The van der Waals surface area contributed by atoms with Crippen LogP contribution in [0.1, 0.15) is 17.4 Å². The van der Waals surface area contributed by atoms with E-state index in [1.165, 1.54) is 0 Å². The summed E-state index contributed by atoms with van der Waals surface area (Å²) < 4.78 is 16.1. The molecule has 1 fully saturated rings. The van der Waals surface area contributed by atoms with Crippen LogP contribution < -0.4 is 4.74 Å². The van der Waals surface area contributed by atoms with E-state index in [-0.39, 0.29) is 6.29 Å². The van der Waals surface area contributed by atoms with Gasteiger partial charge in [-0.25, -0.2) is 0 Å². The Balaban J connectivity index is 2.26. The largest absolute Gasteiger partial charge is 0.496 e. The van der Waals surface area contributed by atoms with Gasteiger partial charge >= 0.3 is 0 Å². The molecule has 0 aliphatic carbocycles. The van der Waals surface area contributed by atoms with Crippen molar-refractivity contribution in [2.45, 2.75) is 12.7 Å². The standard InChI is InChI=1S/C12H14O4/c1-14-11-8-9(4-5-13)2-3-10(11)12-15-6-7-16-12/h2-3,5,8,12H,4,6-7H2,1H3. The molecule has 0 amide bonds. The highest BCUT2D eigenvalue weighted by Gasteiger charge is 2.21. The topological polar surface area (TPSA) is 44.8 Å². The fraction of sp³-hybridized carbons (Fsp3) is 0.417. The van der Waals surface area contributed by atoms with Gasteiger partial charge in [0.25, 0.3) is 0 Å². The quantitative estimate of drug-likeness (QED) is 0.724. The Morgan fingerprint density at radius 3 is 2.81 bits per heavy atom. The van der Waals surface area contributed by atoms with E-state index >= 15 is 0 Å². The first kappa shape index (κ1) is 11.1. The molecule has 4 heteroatoms. The second-order valence-corrected chi connectivity index (χ2v) is 3.52. The number of carbonyl (C=O) groups is 1. The molecule has 1 heterocycles. The lowest BCUT2D eigenvalue weighted by atomic mass is 10.1. The van der Waals surface area contributed by atoms with E-state index in [2.05, 4.69) is 0 Å². The Kier molecular flexibility index (Phi) is 3.54. The van der Waals surface area contributed by atoms with E-state index in [0.29, 0.717) is 25.4 Å². The van der Waals surface area contributed by atoms with Gasteiger partial charge in [0.15, 0.2) is 6.29 Å². The van der Waals surface area contributed by atoms with Gasteiger partial charge in [0.2, 0.25) is 0 Å². The van der Waals surface area contributed by atoms with Crippen molar-refractivity contribution >= 4 is 6.29 Å². The van der Waals surface area contributed by atoms with Crippen LogP contribution in [-0.2, 0) is 20.7 Å². The number of carbonyl (C=O) groups excluding carboxylic acids is 1. The van der Waals surface area contributed by atoms with Gasteiger partial charge in [-0.3, -0.25) is 0 Å². The zero-order valence-corrected chi connectivity index (χ0v) is 9.14. The Hall–Kier alpha value is -1.39. The van der Waals surface area contributed by atoms with Crippen LogP contribution >= 0.6 is 0 Å². The molecule has 1 aromatic carbocycles. The molecule has 1 saturated heterocycles. The molecular formula is C12H14O4. The molecule has 0 unspecified atom stereocenters. The maximum atomic E-state index is 10.4. The third-order valence-corrected chi connectivity index (χ3v) is 2.49. The first-order valence-electron chi connectivity index (χ1n) is 5.19. The molecule has 0 N–H and O–H groups in total. The van der Waals surface area contributed by atoms with Crippen LogP contribution in [0.2, 0.25) is 0 Å². The minimum Gasteiger partial charge on any atom is -0.496 e. The first-order chi connectivity index (χ1) is 7.85. The minimum atomic E-state index is -0.347. The van der Waals surface area contributed by atoms with Crippen molar-refractivity contribution in [3.8, 4) is 5.75 Å².